The van der Waals surface area contributed by atoms with Crippen LogP contribution in [0.15, 0.2) is 34.1 Å². The molecule has 27 heavy (non-hydrogen) atoms. The molecule has 0 aliphatic rings. The van der Waals surface area contributed by atoms with Crippen LogP contribution in [0.25, 0.3) is 11.1 Å². The van der Waals surface area contributed by atoms with Gasteiger partial charge in [0, 0.05) is 26.7 Å². The third-order valence-corrected chi connectivity index (χ3v) is 6.84. The first-order valence-electron chi connectivity index (χ1n) is 7.88. The highest BCUT2D eigenvalue weighted by molar-refractivity contribution is 7.85. The second-order valence-corrected chi connectivity index (χ2v) is 9.06. The fourth-order valence-electron chi connectivity index (χ4n) is 2.59. The molecule has 0 fully saturated rings. The molecule has 0 saturated heterocycles. The zero-order valence-corrected chi connectivity index (χ0v) is 16.4. The fourth-order valence-corrected chi connectivity index (χ4v) is 4.69. The molecule has 2 rings (SSSR count). The van der Waals surface area contributed by atoms with E-state index < -0.39 is 45.2 Å². The molecule has 0 bridgehead atoms. The summed E-state index contributed by atoms with van der Waals surface area (Å²) in [7, 11) is -3.89. The zero-order valence-electron chi connectivity index (χ0n) is 14.7. The van der Waals surface area contributed by atoms with Gasteiger partial charge in [-0.3, -0.25) is 8.42 Å². The number of hydrogen-bond acceptors (Lipinski definition) is 2. The Hall–Kier alpha value is -1.61. The molecule has 9 heteroatoms. The summed E-state index contributed by atoms with van der Waals surface area (Å²) in [5, 5.41) is 0. The maximum absolute atomic E-state index is 14.4. The van der Waals surface area contributed by atoms with Crippen molar-refractivity contribution >= 4 is 21.6 Å². The van der Waals surface area contributed by atoms with Gasteiger partial charge in [0.1, 0.15) is 17.4 Å². The van der Waals surface area contributed by atoms with Crippen LogP contribution in [0, 0.1) is 25.5 Å². The van der Waals surface area contributed by atoms with Gasteiger partial charge in [-0.1, -0.05) is 6.92 Å². The van der Waals surface area contributed by atoms with Gasteiger partial charge in [-0.15, -0.1) is 0 Å². The summed E-state index contributed by atoms with van der Waals surface area (Å²) in [5.41, 5.74) is -0.0633. The highest BCUT2D eigenvalue weighted by atomic mass is 32.2. The lowest BCUT2D eigenvalue weighted by Crippen LogP contribution is -2.19. The molecule has 0 radical (unpaired) electrons. The van der Waals surface area contributed by atoms with E-state index in [1.54, 1.807) is 13.8 Å². The summed E-state index contributed by atoms with van der Waals surface area (Å²) < 4.78 is 90.7. The Labute approximate surface area is 158 Å². The Bertz CT molecular complexity index is 923. The van der Waals surface area contributed by atoms with Gasteiger partial charge in [0.2, 0.25) is 0 Å². The molecule has 2 aromatic rings. The number of alkyl halides is 3. The van der Waals surface area contributed by atoms with Crippen molar-refractivity contribution in [3.05, 3.63) is 47.0 Å². The lowest BCUT2D eigenvalue weighted by Gasteiger charge is -2.14. The maximum atomic E-state index is 14.4. The monoisotopic (exact) mass is 424 g/mol. The van der Waals surface area contributed by atoms with Crippen molar-refractivity contribution in [1.82, 2.24) is 0 Å². The predicted octanol–water partition coefficient (Wildman–Crippen LogP) is 5.05. The van der Waals surface area contributed by atoms with E-state index >= 15 is 0 Å². The largest absolute Gasteiger partial charge is 0.400 e. The molecule has 0 N–H and O–H groups in total. The molecule has 0 saturated carbocycles. The molecular formula is C18H17F5O2S2. The van der Waals surface area contributed by atoms with Crippen LogP contribution in [-0.2, 0) is 21.6 Å². The molecule has 148 valence electrons. The Balaban J connectivity index is 2.64. The highest BCUT2D eigenvalue weighted by Crippen LogP contribution is 2.33. The summed E-state index contributed by atoms with van der Waals surface area (Å²) in [4.78, 5) is 0.0914. The van der Waals surface area contributed by atoms with Crippen molar-refractivity contribution in [2.24, 2.45) is 0 Å². The van der Waals surface area contributed by atoms with Crippen molar-refractivity contribution in [2.45, 2.75) is 36.7 Å². The molecule has 0 aromatic heterocycles. The van der Waals surface area contributed by atoms with Gasteiger partial charge in [-0.25, -0.2) is 8.78 Å². The average molecular weight is 424 g/mol. The zero-order chi connectivity index (χ0) is 20.5. The molecule has 0 spiro atoms. The van der Waals surface area contributed by atoms with Crippen LogP contribution in [0.4, 0.5) is 22.0 Å². The minimum absolute atomic E-state index is 0.0729. The number of hydrogen-bond donors (Lipinski definition) is 0. The van der Waals surface area contributed by atoms with Gasteiger partial charge in [0.15, 0.2) is 0 Å². The first-order valence-corrected chi connectivity index (χ1v) is 10.5. The van der Waals surface area contributed by atoms with Crippen LogP contribution in [0.2, 0.25) is 0 Å². The van der Waals surface area contributed by atoms with Gasteiger partial charge < -0.3 is 0 Å². The first-order chi connectivity index (χ1) is 12.4. The van der Waals surface area contributed by atoms with Gasteiger partial charge in [0.25, 0.3) is 0 Å². The van der Waals surface area contributed by atoms with E-state index in [9.17, 15) is 30.4 Å². The van der Waals surface area contributed by atoms with Crippen molar-refractivity contribution in [2.75, 3.05) is 11.5 Å². The Morgan fingerprint density at radius 2 is 1.22 bits per heavy atom. The molecule has 2 aromatic carbocycles. The van der Waals surface area contributed by atoms with E-state index in [4.69, 9.17) is 0 Å². The van der Waals surface area contributed by atoms with Gasteiger partial charge in [0.05, 0.1) is 21.6 Å². The number of rotatable bonds is 5. The second kappa shape index (κ2) is 8.18. The van der Waals surface area contributed by atoms with E-state index in [1.165, 1.54) is 13.0 Å². The topological polar surface area (TPSA) is 34.1 Å². The maximum Gasteiger partial charge on any atom is 0.400 e. The summed E-state index contributed by atoms with van der Waals surface area (Å²) in [6, 6.07) is 4.23. The minimum atomic E-state index is -4.66. The summed E-state index contributed by atoms with van der Waals surface area (Å²) in [5.74, 6) is -2.99. The van der Waals surface area contributed by atoms with Crippen LogP contribution < -0.4 is 0 Å². The van der Waals surface area contributed by atoms with Crippen molar-refractivity contribution in [3.63, 3.8) is 0 Å². The van der Waals surface area contributed by atoms with E-state index in [0.29, 0.717) is 10.5 Å². The van der Waals surface area contributed by atoms with E-state index in [0.717, 1.165) is 18.2 Å². The molecule has 2 unspecified atom stereocenters. The van der Waals surface area contributed by atoms with Crippen LogP contribution in [0.1, 0.15) is 18.1 Å². The van der Waals surface area contributed by atoms with E-state index in [1.807, 2.05) is 0 Å². The van der Waals surface area contributed by atoms with Gasteiger partial charge in [-0.2, -0.15) is 13.2 Å². The third-order valence-electron chi connectivity index (χ3n) is 3.87. The van der Waals surface area contributed by atoms with Crippen molar-refractivity contribution in [3.8, 4) is 11.1 Å². The Morgan fingerprint density at radius 1 is 0.815 bits per heavy atom. The third kappa shape index (κ3) is 5.01. The standard InChI is InChI=1S/C18H17F5O2S2/c1-4-26(24)16-7-12(14(19)5-10(16)2)13-8-17(11(3)6-15(13)20)27(25)9-18(21,22)23/h5-8H,4,9H2,1-3H3. The normalized spacial score (nSPS) is 14.2. The molecule has 0 heterocycles. The average Bonchev–Trinajstić information content (AvgIpc) is 2.53. The number of aryl methyl sites for hydroxylation is 2. The molecular weight excluding hydrogens is 407 g/mol. The predicted molar refractivity (Wildman–Crippen MR) is 95.5 cm³/mol. The van der Waals surface area contributed by atoms with Gasteiger partial charge in [-0.05, 0) is 49.2 Å². The number of halogens is 5. The Morgan fingerprint density at radius 3 is 1.59 bits per heavy atom. The lowest BCUT2D eigenvalue weighted by molar-refractivity contribution is -0.105. The van der Waals surface area contributed by atoms with Crippen LogP contribution in [0.5, 0.6) is 0 Å². The molecule has 2 nitrogen and oxygen atoms in total. The smallest absolute Gasteiger partial charge is 0.254 e. The molecule has 2 atom stereocenters. The highest BCUT2D eigenvalue weighted by Gasteiger charge is 2.32. The Kier molecular flexibility index (Phi) is 6.57. The molecule has 0 amide bonds. The second-order valence-electron chi connectivity index (χ2n) is 5.93. The lowest BCUT2D eigenvalue weighted by atomic mass is 10.0. The van der Waals surface area contributed by atoms with E-state index in [-0.39, 0.29) is 27.3 Å². The van der Waals surface area contributed by atoms with Crippen LogP contribution >= 0.6 is 0 Å². The molecule has 0 aliphatic heterocycles. The summed E-state index contributed by atoms with van der Waals surface area (Å²) >= 11 is 0. The van der Waals surface area contributed by atoms with Gasteiger partial charge >= 0.3 is 6.18 Å². The van der Waals surface area contributed by atoms with Crippen molar-refractivity contribution in [1.29, 1.82) is 0 Å². The van der Waals surface area contributed by atoms with Crippen molar-refractivity contribution < 1.29 is 30.4 Å². The summed E-state index contributed by atoms with van der Waals surface area (Å²) in [6.45, 7) is 4.56. The first kappa shape index (κ1) is 21.7. The van der Waals surface area contributed by atoms with Crippen LogP contribution in [-0.4, -0.2) is 26.1 Å². The minimum Gasteiger partial charge on any atom is -0.254 e. The number of benzene rings is 2. The SMILES string of the molecule is CCS(=O)c1cc(-c2cc(S(=O)CC(F)(F)F)c(C)cc2F)c(F)cc1C. The van der Waals surface area contributed by atoms with E-state index in [2.05, 4.69) is 0 Å². The fraction of sp³-hybridized carbons (Fsp3) is 0.333. The quantitative estimate of drug-likeness (QED) is 0.630. The summed E-state index contributed by atoms with van der Waals surface area (Å²) in [6.07, 6.45) is -4.66. The molecule has 0 aliphatic carbocycles. The van der Waals surface area contributed by atoms with Crippen LogP contribution in [0.3, 0.4) is 0 Å².